The highest BCUT2D eigenvalue weighted by molar-refractivity contribution is 5.92. The lowest BCUT2D eigenvalue weighted by Crippen LogP contribution is -2.25. The molecule has 1 saturated heterocycles. The topological polar surface area (TPSA) is 38.8 Å². The molecule has 0 bridgehead atoms. The summed E-state index contributed by atoms with van der Waals surface area (Å²) in [5.74, 6) is 1.03. The summed E-state index contributed by atoms with van der Waals surface area (Å²) in [5.41, 5.74) is 0.885. The minimum absolute atomic E-state index is 0.160. The largest absolute Gasteiger partial charge is 0.492 e. The normalized spacial score (nSPS) is 14.1. The first-order valence-corrected chi connectivity index (χ1v) is 11.3. The average Bonchev–Trinajstić information content (AvgIpc) is 3.34. The van der Waals surface area contributed by atoms with E-state index in [1.54, 1.807) is 0 Å². The second-order valence-corrected chi connectivity index (χ2v) is 8.32. The SMILES string of the molecule is O=C(Cc1c(OCCN2CCCC2)ccc2ccccc12)Oc1ccc2ccccc2c1. The van der Waals surface area contributed by atoms with Gasteiger partial charge in [-0.25, -0.2) is 0 Å². The van der Waals surface area contributed by atoms with Gasteiger partial charge in [-0.1, -0.05) is 60.7 Å². The monoisotopic (exact) mass is 425 g/mol. The van der Waals surface area contributed by atoms with Crippen LogP contribution in [0, 0.1) is 0 Å². The first-order chi connectivity index (χ1) is 15.8. The summed E-state index contributed by atoms with van der Waals surface area (Å²) in [4.78, 5) is 15.3. The third kappa shape index (κ3) is 4.61. The van der Waals surface area contributed by atoms with Gasteiger partial charge in [-0.3, -0.25) is 9.69 Å². The molecule has 0 aromatic heterocycles. The molecule has 4 aromatic rings. The van der Waals surface area contributed by atoms with Crippen molar-refractivity contribution in [3.05, 3.63) is 84.4 Å². The van der Waals surface area contributed by atoms with E-state index < -0.39 is 0 Å². The number of ether oxygens (including phenoxy) is 2. The number of hydrogen-bond acceptors (Lipinski definition) is 4. The van der Waals surface area contributed by atoms with Crippen molar-refractivity contribution < 1.29 is 14.3 Å². The van der Waals surface area contributed by atoms with Gasteiger partial charge in [-0.2, -0.15) is 0 Å². The second kappa shape index (κ2) is 9.41. The summed E-state index contributed by atoms with van der Waals surface area (Å²) in [5, 5.41) is 4.29. The fourth-order valence-electron chi connectivity index (χ4n) is 4.47. The van der Waals surface area contributed by atoms with Gasteiger partial charge < -0.3 is 9.47 Å². The molecule has 0 N–H and O–H groups in total. The lowest BCUT2D eigenvalue weighted by atomic mass is 10.0. The van der Waals surface area contributed by atoms with Gasteiger partial charge in [0.1, 0.15) is 18.1 Å². The fraction of sp³-hybridized carbons (Fsp3) is 0.250. The van der Waals surface area contributed by atoms with Crippen LogP contribution in [-0.2, 0) is 11.2 Å². The van der Waals surface area contributed by atoms with E-state index in [2.05, 4.69) is 17.0 Å². The molecule has 32 heavy (non-hydrogen) atoms. The van der Waals surface area contributed by atoms with Gasteiger partial charge in [0.15, 0.2) is 0 Å². The molecule has 0 atom stereocenters. The van der Waals surface area contributed by atoms with E-state index in [1.807, 2.05) is 66.7 Å². The minimum atomic E-state index is -0.291. The van der Waals surface area contributed by atoms with Crippen LogP contribution in [0.25, 0.3) is 21.5 Å². The van der Waals surface area contributed by atoms with Gasteiger partial charge in [-0.15, -0.1) is 0 Å². The molecule has 0 amide bonds. The number of esters is 1. The molecule has 0 unspecified atom stereocenters. The Kier molecular flexibility index (Phi) is 6.04. The third-order valence-corrected chi connectivity index (χ3v) is 6.14. The molecule has 0 saturated carbocycles. The molecular weight excluding hydrogens is 398 g/mol. The quantitative estimate of drug-likeness (QED) is 0.285. The molecule has 4 heteroatoms. The van der Waals surface area contributed by atoms with E-state index in [0.29, 0.717) is 12.4 Å². The van der Waals surface area contributed by atoms with E-state index in [0.717, 1.165) is 52.5 Å². The van der Waals surface area contributed by atoms with Gasteiger partial charge in [0.2, 0.25) is 0 Å². The molecule has 0 aliphatic carbocycles. The van der Waals surface area contributed by atoms with Crippen LogP contribution in [0.3, 0.4) is 0 Å². The second-order valence-electron chi connectivity index (χ2n) is 8.32. The Hall–Kier alpha value is -3.37. The first-order valence-electron chi connectivity index (χ1n) is 11.3. The Morgan fingerprint density at radius 1 is 0.812 bits per heavy atom. The average molecular weight is 426 g/mol. The zero-order valence-electron chi connectivity index (χ0n) is 18.1. The summed E-state index contributed by atoms with van der Waals surface area (Å²) in [7, 11) is 0. The molecule has 0 radical (unpaired) electrons. The Labute approximate surface area is 188 Å². The summed E-state index contributed by atoms with van der Waals surface area (Å²) in [6.45, 7) is 3.82. The highest BCUT2D eigenvalue weighted by Gasteiger charge is 2.16. The van der Waals surface area contributed by atoms with Gasteiger partial charge in [0.25, 0.3) is 0 Å². The van der Waals surface area contributed by atoms with Gasteiger partial charge >= 0.3 is 5.97 Å². The van der Waals surface area contributed by atoms with Crippen molar-refractivity contribution in [3.63, 3.8) is 0 Å². The van der Waals surface area contributed by atoms with Crippen LogP contribution in [0.2, 0.25) is 0 Å². The molecule has 4 aromatic carbocycles. The van der Waals surface area contributed by atoms with Crippen LogP contribution in [0.15, 0.2) is 78.9 Å². The summed E-state index contributed by atoms with van der Waals surface area (Å²) in [6.07, 6.45) is 2.69. The number of likely N-dealkylation sites (tertiary alicyclic amines) is 1. The van der Waals surface area contributed by atoms with E-state index in [-0.39, 0.29) is 12.4 Å². The van der Waals surface area contributed by atoms with Crippen LogP contribution >= 0.6 is 0 Å². The van der Waals surface area contributed by atoms with Crippen LogP contribution < -0.4 is 9.47 Å². The first kappa shape index (κ1) is 20.5. The third-order valence-electron chi connectivity index (χ3n) is 6.14. The molecule has 5 rings (SSSR count). The number of hydrogen-bond donors (Lipinski definition) is 0. The Morgan fingerprint density at radius 3 is 2.38 bits per heavy atom. The van der Waals surface area contributed by atoms with E-state index in [9.17, 15) is 4.79 Å². The van der Waals surface area contributed by atoms with Crippen LogP contribution in [-0.4, -0.2) is 37.1 Å². The predicted octanol–water partition coefficient (Wildman–Crippen LogP) is 5.62. The van der Waals surface area contributed by atoms with E-state index in [4.69, 9.17) is 9.47 Å². The smallest absolute Gasteiger partial charge is 0.315 e. The molecule has 162 valence electrons. The van der Waals surface area contributed by atoms with Crippen molar-refractivity contribution in [2.75, 3.05) is 26.2 Å². The van der Waals surface area contributed by atoms with Crippen molar-refractivity contribution in [2.24, 2.45) is 0 Å². The molecule has 4 nitrogen and oxygen atoms in total. The zero-order chi connectivity index (χ0) is 21.8. The van der Waals surface area contributed by atoms with Crippen molar-refractivity contribution in [1.29, 1.82) is 0 Å². The van der Waals surface area contributed by atoms with Gasteiger partial charge in [0, 0.05) is 12.1 Å². The lowest BCUT2D eigenvalue weighted by molar-refractivity contribution is -0.133. The van der Waals surface area contributed by atoms with E-state index >= 15 is 0 Å². The summed E-state index contributed by atoms with van der Waals surface area (Å²) >= 11 is 0. The molecule has 0 spiro atoms. The zero-order valence-corrected chi connectivity index (χ0v) is 18.1. The maximum atomic E-state index is 12.9. The summed E-state index contributed by atoms with van der Waals surface area (Å²) < 4.78 is 11.9. The van der Waals surface area contributed by atoms with Crippen molar-refractivity contribution in [3.8, 4) is 11.5 Å². The molecule has 1 heterocycles. The number of nitrogens with zero attached hydrogens (tertiary/aromatic N) is 1. The Bertz CT molecular complexity index is 1240. The van der Waals surface area contributed by atoms with Crippen LogP contribution in [0.1, 0.15) is 18.4 Å². The number of fused-ring (bicyclic) bond motifs is 2. The van der Waals surface area contributed by atoms with Gasteiger partial charge in [-0.05, 0) is 65.7 Å². The summed E-state index contributed by atoms with van der Waals surface area (Å²) in [6, 6.07) is 25.9. The Morgan fingerprint density at radius 2 is 1.53 bits per heavy atom. The maximum absolute atomic E-state index is 12.9. The molecular formula is C28H27NO3. The molecule has 1 aliphatic heterocycles. The highest BCUT2D eigenvalue weighted by atomic mass is 16.5. The number of carbonyl (C=O) groups excluding carboxylic acids is 1. The highest BCUT2D eigenvalue weighted by Crippen LogP contribution is 2.29. The van der Waals surface area contributed by atoms with E-state index in [1.165, 1.54) is 12.8 Å². The number of carbonyl (C=O) groups is 1. The van der Waals surface area contributed by atoms with Crippen LogP contribution in [0.4, 0.5) is 0 Å². The fourth-order valence-corrected chi connectivity index (χ4v) is 4.47. The van der Waals surface area contributed by atoms with Crippen molar-refractivity contribution >= 4 is 27.5 Å². The van der Waals surface area contributed by atoms with Crippen molar-refractivity contribution in [1.82, 2.24) is 4.90 Å². The Balaban J connectivity index is 1.35. The molecule has 1 aliphatic rings. The maximum Gasteiger partial charge on any atom is 0.315 e. The standard InChI is InChI=1S/C28H27NO3/c30-28(32-24-13-11-21-7-1-2-9-23(21)19-24)20-26-25-10-4-3-8-22(25)12-14-27(26)31-18-17-29-15-5-6-16-29/h1-4,7-14,19H,5-6,15-18,20H2. The van der Waals surface area contributed by atoms with Crippen LogP contribution in [0.5, 0.6) is 11.5 Å². The minimum Gasteiger partial charge on any atom is -0.492 e. The predicted molar refractivity (Wildman–Crippen MR) is 128 cm³/mol. The van der Waals surface area contributed by atoms with Crippen molar-refractivity contribution in [2.45, 2.75) is 19.3 Å². The molecule has 1 fully saturated rings. The lowest BCUT2D eigenvalue weighted by Gasteiger charge is -2.17. The number of benzene rings is 4. The van der Waals surface area contributed by atoms with Gasteiger partial charge in [0.05, 0.1) is 6.42 Å². The number of rotatable bonds is 7.